The van der Waals surface area contributed by atoms with Crippen LogP contribution in [0, 0.1) is 6.92 Å². The fraction of sp³-hybridized carbons (Fsp3) is 0.522. The summed E-state index contributed by atoms with van der Waals surface area (Å²) in [4.78, 5) is 20.6. The van der Waals surface area contributed by atoms with E-state index in [1.165, 1.54) is 29.5 Å². The maximum atomic E-state index is 12.6. The van der Waals surface area contributed by atoms with Crippen LogP contribution in [0.15, 0.2) is 30.6 Å². The fourth-order valence-corrected chi connectivity index (χ4v) is 4.38. The Kier molecular flexibility index (Phi) is 3.95. The van der Waals surface area contributed by atoms with Crippen molar-refractivity contribution in [2.75, 3.05) is 0 Å². The van der Waals surface area contributed by atoms with Gasteiger partial charge in [-0.3, -0.25) is 0 Å². The number of fused-ring (bicyclic) bond motifs is 1. The Balaban J connectivity index is 1.73. The summed E-state index contributed by atoms with van der Waals surface area (Å²) in [5.41, 5.74) is 4.99. The average Bonchev–Trinajstić information content (AvgIpc) is 3.40. The highest BCUT2D eigenvalue weighted by Gasteiger charge is 2.51. The van der Waals surface area contributed by atoms with Gasteiger partial charge in [0.15, 0.2) is 0 Å². The molecule has 1 aromatic carbocycles. The number of esters is 1. The normalized spacial score (nSPS) is 21.2. The van der Waals surface area contributed by atoms with E-state index in [1.54, 1.807) is 18.5 Å². The fourth-order valence-electron chi connectivity index (χ4n) is 4.38. The first-order valence-electron chi connectivity index (χ1n) is 9.81. The number of aromatic nitrogens is 2. The van der Waals surface area contributed by atoms with E-state index >= 15 is 0 Å². The molecule has 2 aliphatic carbocycles. The molecular weight excluding hydrogens is 336 g/mol. The minimum absolute atomic E-state index is 0.126. The molecule has 1 aromatic heterocycles. The second-order valence-corrected chi connectivity index (χ2v) is 9.44. The van der Waals surface area contributed by atoms with Gasteiger partial charge in [-0.05, 0) is 71.8 Å². The van der Waals surface area contributed by atoms with Gasteiger partial charge in [-0.25, -0.2) is 14.8 Å². The van der Waals surface area contributed by atoms with Gasteiger partial charge in [-0.2, -0.15) is 0 Å². The van der Waals surface area contributed by atoms with Crippen molar-refractivity contribution in [3.8, 4) is 0 Å². The number of carbonyl (C=O) groups is 1. The molecule has 0 amide bonds. The lowest BCUT2D eigenvalue weighted by molar-refractivity contribution is 0.0198. The first kappa shape index (κ1) is 18.1. The van der Waals surface area contributed by atoms with E-state index in [4.69, 9.17) is 4.74 Å². The zero-order valence-electron chi connectivity index (χ0n) is 16.9. The van der Waals surface area contributed by atoms with E-state index in [-0.39, 0.29) is 16.7 Å². The summed E-state index contributed by atoms with van der Waals surface area (Å²) in [6, 6.07) is 6.34. The van der Waals surface area contributed by atoms with Crippen LogP contribution < -0.4 is 0 Å². The number of hydrogen-bond donors (Lipinski definition) is 0. The molecule has 4 nitrogen and oxygen atoms in total. The summed E-state index contributed by atoms with van der Waals surface area (Å²) < 4.78 is 5.95. The Morgan fingerprint density at radius 2 is 1.44 bits per heavy atom. The van der Waals surface area contributed by atoms with E-state index in [0.717, 1.165) is 18.4 Å². The smallest absolute Gasteiger partial charge is 0.377 e. The van der Waals surface area contributed by atoms with E-state index in [9.17, 15) is 4.79 Å². The Labute approximate surface area is 161 Å². The lowest BCUT2D eigenvalue weighted by Crippen LogP contribution is -2.34. The van der Waals surface area contributed by atoms with Crippen molar-refractivity contribution in [2.45, 2.75) is 76.7 Å². The van der Waals surface area contributed by atoms with Crippen LogP contribution in [-0.4, -0.2) is 15.9 Å². The van der Waals surface area contributed by atoms with Crippen LogP contribution in [0.2, 0.25) is 0 Å². The van der Waals surface area contributed by atoms with Gasteiger partial charge in [-0.1, -0.05) is 39.8 Å². The van der Waals surface area contributed by atoms with Crippen LogP contribution >= 0.6 is 0 Å². The van der Waals surface area contributed by atoms with Gasteiger partial charge in [0, 0.05) is 12.4 Å². The van der Waals surface area contributed by atoms with Gasteiger partial charge in [0.05, 0.1) is 0 Å². The van der Waals surface area contributed by atoms with Crippen LogP contribution in [0.3, 0.4) is 0 Å². The number of rotatable bonds is 3. The standard InChI is InChI=1S/C23H28N2O2/c1-15-13-17-18(22(4,5)8-7-21(17,2)3)14-16(15)23(9-10-23)27-20(26)19-24-11-6-12-25-19/h6,11-14H,7-10H2,1-5H3. The Bertz CT molecular complexity index is 896. The molecule has 1 saturated carbocycles. The quantitative estimate of drug-likeness (QED) is 0.721. The van der Waals surface area contributed by atoms with Crippen molar-refractivity contribution in [3.05, 3.63) is 58.7 Å². The molecule has 0 N–H and O–H groups in total. The Hall–Kier alpha value is -2.23. The summed E-state index contributed by atoms with van der Waals surface area (Å²) in [7, 11) is 0. The molecule has 0 radical (unpaired) electrons. The summed E-state index contributed by atoms with van der Waals surface area (Å²) in [6.07, 6.45) is 7.21. The predicted octanol–water partition coefficient (Wildman–Crippen LogP) is 4.98. The van der Waals surface area contributed by atoms with E-state index in [0.29, 0.717) is 0 Å². The maximum absolute atomic E-state index is 12.6. The second kappa shape index (κ2) is 5.88. The summed E-state index contributed by atoms with van der Waals surface area (Å²) >= 11 is 0. The molecule has 0 bridgehead atoms. The molecule has 27 heavy (non-hydrogen) atoms. The van der Waals surface area contributed by atoms with Crippen molar-refractivity contribution in [1.82, 2.24) is 9.97 Å². The summed E-state index contributed by atoms with van der Waals surface area (Å²) in [5, 5.41) is 0. The predicted molar refractivity (Wildman–Crippen MR) is 105 cm³/mol. The molecule has 0 atom stereocenters. The largest absolute Gasteiger partial charge is 0.448 e. The van der Waals surface area contributed by atoms with Gasteiger partial charge in [-0.15, -0.1) is 0 Å². The van der Waals surface area contributed by atoms with Gasteiger partial charge >= 0.3 is 5.97 Å². The number of aryl methyl sites for hydroxylation is 1. The maximum Gasteiger partial charge on any atom is 0.377 e. The molecule has 0 spiro atoms. The second-order valence-electron chi connectivity index (χ2n) is 9.44. The van der Waals surface area contributed by atoms with Crippen molar-refractivity contribution in [1.29, 1.82) is 0 Å². The van der Waals surface area contributed by atoms with Crippen LogP contribution in [-0.2, 0) is 21.2 Å². The SMILES string of the molecule is Cc1cc2c(cc1C1(OC(=O)c3ncccn3)CC1)C(C)(C)CCC2(C)C. The Morgan fingerprint density at radius 3 is 2.00 bits per heavy atom. The van der Waals surface area contributed by atoms with Crippen LogP contribution in [0.25, 0.3) is 0 Å². The van der Waals surface area contributed by atoms with Gasteiger partial charge in [0.2, 0.25) is 5.82 Å². The Morgan fingerprint density at radius 1 is 0.889 bits per heavy atom. The molecule has 1 heterocycles. The van der Waals surface area contributed by atoms with Crippen LogP contribution in [0.4, 0.5) is 0 Å². The number of carbonyl (C=O) groups excluding carboxylic acids is 1. The van der Waals surface area contributed by atoms with Crippen molar-refractivity contribution in [3.63, 3.8) is 0 Å². The van der Waals surface area contributed by atoms with E-state index in [1.807, 2.05) is 0 Å². The zero-order valence-corrected chi connectivity index (χ0v) is 16.9. The molecule has 4 heteroatoms. The first-order valence-corrected chi connectivity index (χ1v) is 9.81. The molecule has 142 valence electrons. The van der Waals surface area contributed by atoms with E-state index in [2.05, 4.69) is 56.7 Å². The topological polar surface area (TPSA) is 52.1 Å². The monoisotopic (exact) mass is 364 g/mol. The van der Waals surface area contributed by atoms with Crippen LogP contribution in [0.5, 0.6) is 0 Å². The van der Waals surface area contributed by atoms with Gasteiger partial charge in [0.1, 0.15) is 5.60 Å². The minimum atomic E-state index is -0.521. The zero-order chi connectivity index (χ0) is 19.4. The highest BCUT2D eigenvalue weighted by atomic mass is 16.6. The number of ether oxygens (including phenoxy) is 1. The van der Waals surface area contributed by atoms with Crippen molar-refractivity contribution >= 4 is 5.97 Å². The highest BCUT2D eigenvalue weighted by molar-refractivity contribution is 5.85. The third kappa shape index (κ3) is 3.05. The number of hydrogen-bond acceptors (Lipinski definition) is 4. The van der Waals surface area contributed by atoms with Crippen molar-refractivity contribution < 1.29 is 9.53 Å². The molecule has 0 unspecified atom stereocenters. The molecule has 0 saturated heterocycles. The molecule has 2 aliphatic rings. The molecule has 4 rings (SSSR count). The van der Waals surface area contributed by atoms with Crippen LogP contribution in [0.1, 0.15) is 86.3 Å². The van der Waals surface area contributed by atoms with Crippen molar-refractivity contribution in [2.24, 2.45) is 0 Å². The number of nitrogens with zero attached hydrogens (tertiary/aromatic N) is 2. The third-order valence-electron chi connectivity index (χ3n) is 6.43. The first-order chi connectivity index (χ1) is 12.6. The molecule has 0 aliphatic heterocycles. The summed E-state index contributed by atoms with van der Waals surface area (Å²) in [6.45, 7) is 11.5. The highest BCUT2D eigenvalue weighted by Crippen LogP contribution is 2.54. The lowest BCUT2D eigenvalue weighted by atomic mass is 9.62. The lowest BCUT2D eigenvalue weighted by Gasteiger charge is -2.42. The number of benzene rings is 1. The molecule has 2 aromatic rings. The van der Waals surface area contributed by atoms with Gasteiger partial charge < -0.3 is 4.74 Å². The van der Waals surface area contributed by atoms with E-state index < -0.39 is 11.6 Å². The molecular formula is C23H28N2O2. The summed E-state index contributed by atoms with van der Waals surface area (Å²) in [5.74, 6) is -0.314. The third-order valence-corrected chi connectivity index (χ3v) is 6.43. The van der Waals surface area contributed by atoms with Gasteiger partial charge in [0.25, 0.3) is 0 Å². The molecule has 1 fully saturated rings. The average molecular weight is 364 g/mol. The minimum Gasteiger partial charge on any atom is -0.448 e.